The van der Waals surface area contributed by atoms with E-state index in [-0.39, 0.29) is 109 Å². The molecule has 0 radical (unpaired) electrons. The summed E-state index contributed by atoms with van der Waals surface area (Å²) >= 11 is 0. The molecule has 2 aromatic carbocycles. The van der Waals surface area contributed by atoms with E-state index in [4.69, 9.17) is 4.74 Å². The van der Waals surface area contributed by atoms with E-state index in [0.29, 0.717) is 61.5 Å². The van der Waals surface area contributed by atoms with Gasteiger partial charge in [-0.15, -0.1) is 0 Å². The number of benzene rings is 2. The Labute approximate surface area is 517 Å². The number of hydrogen-bond acceptors (Lipinski definition) is 16. The smallest absolute Gasteiger partial charge is 0.317 e. The Bertz CT molecular complexity index is 2880. The van der Waals surface area contributed by atoms with Gasteiger partial charge in [-0.2, -0.15) is 0 Å². The first-order valence-electron chi connectivity index (χ1n) is 30.7. The minimum Gasteiger partial charge on any atom is -0.494 e. The van der Waals surface area contributed by atoms with Crippen LogP contribution < -0.4 is 26.0 Å². The van der Waals surface area contributed by atoms with Crippen molar-refractivity contribution >= 4 is 70.5 Å². The fourth-order valence-corrected chi connectivity index (χ4v) is 11.3. The molecular weight excluding hydrogens is 1160 g/mol. The van der Waals surface area contributed by atoms with Crippen molar-refractivity contribution in [1.82, 2.24) is 55.7 Å². The fraction of sp³-hybridized carbons (Fsp3) is 0.597. The number of aliphatic carboxylic acids is 3. The third kappa shape index (κ3) is 24.3. The van der Waals surface area contributed by atoms with Crippen LogP contribution in [-0.4, -0.2) is 258 Å². The van der Waals surface area contributed by atoms with E-state index < -0.39 is 85.1 Å². The molecule has 4 heterocycles. The molecule has 6 rings (SSSR count). The zero-order chi connectivity index (χ0) is 64.5. The van der Waals surface area contributed by atoms with Gasteiger partial charge in [-0.25, -0.2) is 8.78 Å². The number of piperidine rings is 1. The van der Waals surface area contributed by atoms with E-state index in [0.717, 1.165) is 54.6 Å². The molecular formula is C62H88F2N12O13. The summed E-state index contributed by atoms with van der Waals surface area (Å²) in [6.45, 7) is 4.24. The maximum atomic E-state index is 14.1. The van der Waals surface area contributed by atoms with Crippen molar-refractivity contribution in [3.63, 3.8) is 0 Å². The van der Waals surface area contributed by atoms with E-state index in [1.54, 1.807) is 49.6 Å². The molecule has 0 unspecified atom stereocenters. The number of carboxylic acids is 3. The van der Waals surface area contributed by atoms with E-state index in [2.05, 4.69) is 31.2 Å². The van der Waals surface area contributed by atoms with Gasteiger partial charge in [0.25, 0.3) is 11.8 Å². The highest BCUT2D eigenvalue weighted by Crippen LogP contribution is 2.31. The van der Waals surface area contributed by atoms with Crippen LogP contribution in [0.4, 0.5) is 8.78 Å². The monoisotopic (exact) mass is 1250 g/mol. The topological polar surface area (TPSA) is 316 Å². The minimum atomic E-state index is -3.06. The zero-order valence-electron chi connectivity index (χ0n) is 51.3. The summed E-state index contributed by atoms with van der Waals surface area (Å²) in [4.78, 5) is 134. The minimum absolute atomic E-state index is 0.111. The van der Waals surface area contributed by atoms with Crippen molar-refractivity contribution in [2.45, 2.75) is 109 Å². The molecule has 3 atom stereocenters. The molecule has 7 N–H and O–H groups in total. The zero-order valence-corrected chi connectivity index (χ0v) is 51.3. The quantitative estimate of drug-likeness (QED) is 0.0372. The largest absolute Gasteiger partial charge is 0.494 e. The van der Waals surface area contributed by atoms with E-state index in [9.17, 15) is 67.3 Å². The predicted molar refractivity (Wildman–Crippen MR) is 327 cm³/mol. The Hall–Kier alpha value is -7.75. The number of aromatic nitrogens is 1. The number of rotatable bonds is 30. The van der Waals surface area contributed by atoms with Crippen LogP contribution in [0.15, 0.2) is 59.7 Å². The van der Waals surface area contributed by atoms with Crippen molar-refractivity contribution in [3.8, 4) is 5.75 Å². The van der Waals surface area contributed by atoms with Gasteiger partial charge >= 0.3 is 17.9 Å². The number of likely N-dealkylation sites (tertiary alicyclic amines) is 2. The Morgan fingerprint density at radius 3 is 1.94 bits per heavy atom. The molecule has 3 aliphatic rings. The lowest BCUT2D eigenvalue weighted by Crippen LogP contribution is -2.55. The van der Waals surface area contributed by atoms with Gasteiger partial charge in [-0.3, -0.25) is 72.7 Å². The van der Waals surface area contributed by atoms with Crippen molar-refractivity contribution in [2.75, 3.05) is 125 Å². The highest BCUT2D eigenvalue weighted by molar-refractivity contribution is 6.07. The number of carbonyl (C=O) groups is 9. The SMILES string of the molecule is CN=C[C@H]1CC(F)(F)CN1C(=O)CNC(=O)c1ccnc2ccc(OCCCCC3CCN(C(=O)[C@H](C)NC(=O)[C@H](CCCNC(=O)CCCc4ccc(C)cc4)NC(=O)CN4CCN(CC(=O)O)CCN(CC(=O)O)CCN(CC(=O)O)CC4)CC3)cc12. The second kappa shape index (κ2) is 35.4. The van der Waals surface area contributed by atoms with Crippen LogP contribution in [0.5, 0.6) is 5.75 Å². The molecule has 6 amide bonds. The molecule has 3 fully saturated rings. The number of amides is 6. The molecule has 0 saturated carbocycles. The summed E-state index contributed by atoms with van der Waals surface area (Å²) in [7, 11) is 1.44. The third-order valence-corrected chi connectivity index (χ3v) is 16.2. The Morgan fingerprint density at radius 1 is 0.742 bits per heavy atom. The Kier molecular flexibility index (Phi) is 28.0. The molecule has 0 aliphatic carbocycles. The lowest BCUT2D eigenvalue weighted by Gasteiger charge is -2.34. The summed E-state index contributed by atoms with van der Waals surface area (Å²) < 4.78 is 34.4. The van der Waals surface area contributed by atoms with Crippen LogP contribution in [0.1, 0.15) is 92.6 Å². The number of aryl methyl sites for hydroxylation is 2. The molecule has 0 spiro atoms. The van der Waals surface area contributed by atoms with Gasteiger partial charge in [0, 0.05) is 110 Å². The highest BCUT2D eigenvalue weighted by atomic mass is 19.3. The van der Waals surface area contributed by atoms with Gasteiger partial charge in [0.15, 0.2) is 0 Å². The highest BCUT2D eigenvalue weighted by Gasteiger charge is 2.46. The maximum absolute atomic E-state index is 14.1. The van der Waals surface area contributed by atoms with Crippen LogP contribution in [0, 0.1) is 12.8 Å². The normalized spacial score (nSPS) is 18.3. The van der Waals surface area contributed by atoms with Crippen LogP contribution in [-0.2, 0) is 44.8 Å². The first-order chi connectivity index (χ1) is 42.5. The summed E-state index contributed by atoms with van der Waals surface area (Å²) in [5.74, 6) is -8.25. The molecule has 3 aliphatic heterocycles. The van der Waals surface area contributed by atoms with E-state index in [1.807, 2.05) is 31.2 Å². The summed E-state index contributed by atoms with van der Waals surface area (Å²) in [6.07, 6.45) is 8.29. The molecule has 3 aromatic rings. The molecule has 3 saturated heterocycles. The molecule has 27 heteroatoms. The average molecular weight is 1250 g/mol. The maximum Gasteiger partial charge on any atom is 0.317 e. The number of nitrogens with one attached hydrogen (secondary N) is 4. The van der Waals surface area contributed by atoms with Gasteiger partial charge in [0.2, 0.25) is 29.5 Å². The molecule has 0 bridgehead atoms. The number of pyridine rings is 1. The number of carboxylic acid groups (broad SMARTS) is 3. The number of hydrogen-bond donors (Lipinski definition) is 7. The number of fused-ring (bicyclic) bond motifs is 1. The summed E-state index contributed by atoms with van der Waals surface area (Å²) in [5.41, 5.74) is 3.04. The van der Waals surface area contributed by atoms with Gasteiger partial charge in [0.05, 0.1) is 63.0 Å². The number of unbranched alkanes of at least 4 members (excludes halogenated alkanes) is 1. The summed E-state index contributed by atoms with van der Waals surface area (Å²) in [6, 6.07) is 11.9. The number of carbonyl (C=O) groups excluding carboxylic acids is 6. The number of nitrogens with zero attached hydrogens (tertiary/aromatic N) is 8. The van der Waals surface area contributed by atoms with Crippen LogP contribution in [0.3, 0.4) is 0 Å². The second-order valence-corrected chi connectivity index (χ2v) is 23.4. The van der Waals surface area contributed by atoms with Crippen molar-refractivity contribution in [2.24, 2.45) is 10.9 Å². The molecule has 89 heavy (non-hydrogen) atoms. The predicted octanol–water partition coefficient (Wildman–Crippen LogP) is 2.38. The van der Waals surface area contributed by atoms with E-state index >= 15 is 0 Å². The second-order valence-electron chi connectivity index (χ2n) is 23.4. The lowest BCUT2D eigenvalue weighted by atomic mass is 9.91. The number of aliphatic imine (C=N–C) groups is 1. The van der Waals surface area contributed by atoms with E-state index in [1.165, 1.54) is 25.5 Å². The summed E-state index contributed by atoms with van der Waals surface area (Å²) in [5, 5.41) is 40.5. The first kappa shape index (κ1) is 70.3. The Morgan fingerprint density at radius 2 is 1.35 bits per heavy atom. The Balaban J connectivity index is 0.987. The standard InChI is InChI=1S/C62H88F2N12O13/c1-43-12-14-45(15-13-43)9-6-11-53(77)67-21-7-10-52(70-54(78)38-71-25-27-72(39-56(80)81)29-31-74(41-58(84)85)32-30-73(28-26-71)40-57(82)83)60(87)69-44(2)61(88)75-23-19-46(20-24-75)8-4-5-33-89-48-16-17-51-50(34-48)49(18-22-66-51)59(86)68-37-55(79)76-42-62(63,64)35-47(76)36-65-3/h12-18,22,34,36,44,46-47,52H,4-11,19-21,23-33,35,37-42H2,1-3H3,(H,67,77)(H,68,86)(H,69,87)(H,70,78)(H,80,81)(H,82,83)(H,84,85)/t44-,47+,52-/m0/s1. The van der Waals surface area contributed by atoms with Gasteiger partial charge in [-0.05, 0) is 101 Å². The van der Waals surface area contributed by atoms with Crippen molar-refractivity contribution < 1.29 is 72.0 Å². The molecule has 25 nitrogen and oxygen atoms in total. The average Bonchev–Trinajstić information content (AvgIpc) is 2.00. The van der Waals surface area contributed by atoms with Gasteiger partial charge < -0.3 is 51.1 Å². The lowest BCUT2D eigenvalue weighted by molar-refractivity contribution is -0.140. The van der Waals surface area contributed by atoms with Crippen LogP contribution in [0.2, 0.25) is 0 Å². The molecule has 488 valence electrons. The number of halogens is 2. The third-order valence-electron chi connectivity index (χ3n) is 16.2. The number of alkyl halides is 2. The van der Waals surface area contributed by atoms with Gasteiger partial charge in [0.1, 0.15) is 17.8 Å². The van der Waals surface area contributed by atoms with Crippen LogP contribution in [0.25, 0.3) is 10.9 Å². The van der Waals surface area contributed by atoms with Gasteiger partial charge in [-0.1, -0.05) is 36.2 Å². The first-order valence-corrected chi connectivity index (χ1v) is 30.7. The molecule has 1 aromatic heterocycles. The van der Waals surface area contributed by atoms with Crippen LogP contribution >= 0.6 is 0 Å². The number of ether oxygens (including phenoxy) is 1. The van der Waals surface area contributed by atoms with Crippen molar-refractivity contribution in [3.05, 3.63) is 71.4 Å². The van der Waals surface area contributed by atoms with Crippen molar-refractivity contribution in [1.29, 1.82) is 0 Å². The fourth-order valence-electron chi connectivity index (χ4n) is 11.3.